The number of ether oxygens (including phenoxy) is 2. The van der Waals surface area contributed by atoms with Crippen molar-refractivity contribution in [2.75, 3.05) is 11.9 Å². The quantitative estimate of drug-likeness (QED) is 0.879. The number of rotatable bonds is 4. The standard InChI is InChI=1S/C13H19N3O4/c1-13(2,3)20-12(18)16-10-6-4-5-9(15-10)7-8-19-11(14)17/h4-6H,7-8H2,1-3H3,(H2,14,17)(H,15,16,18). The number of carbonyl (C=O) groups excluding carboxylic acids is 2. The molecule has 0 saturated heterocycles. The third kappa shape index (κ3) is 6.58. The van der Waals surface area contributed by atoms with Crippen LogP contribution < -0.4 is 11.1 Å². The van der Waals surface area contributed by atoms with E-state index in [1.807, 2.05) is 0 Å². The molecule has 0 aliphatic rings. The first kappa shape index (κ1) is 15.7. The molecule has 0 unspecified atom stereocenters. The molecule has 0 spiro atoms. The van der Waals surface area contributed by atoms with Crippen molar-refractivity contribution in [3.05, 3.63) is 23.9 Å². The summed E-state index contributed by atoms with van der Waals surface area (Å²) in [5, 5.41) is 2.53. The van der Waals surface area contributed by atoms with Crippen molar-refractivity contribution in [2.45, 2.75) is 32.8 Å². The van der Waals surface area contributed by atoms with Gasteiger partial charge >= 0.3 is 12.2 Å². The van der Waals surface area contributed by atoms with Crippen LogP contribution in [-0.2, 0) is 15.9 Å². The summed E-state index contributed by atoms with van der Waals surface area (Å²) in [5.74, 6) is 0.371. The monoisotopic (exact) mass is 281 g/mol. The molecule has 20 heavy (non-hydrogen) atoms. The number of aromatic nitrogens is 1. The van der Waals surface area contributed by atoms with Crippen LogP contribution in [0.25, 0.3) is 0 Å². The minimum atomic E-state index is -0.826. The van der Waals surface area contributed by atoms with Crippen molar-refractivity contribution >= 4 is 18.0 Å². The molecule has 0 aliphatic heterocycles. The second kappa shape index (κ2) is 6.74. The molecule has 1 aromatic rings. The number of nitrogens with two attached hydrogens (primary N) is 1. The fourth-order valence-corrected chi connectivity index (χ4v) is 1.35. The number of hydrogen-bond acceptors (Lipinski definition) is 5. The third-order valence-corrected chi connectivity index (χ3v) is 2.04. The number of carbonyl (C=O) groups is 2. The van der Waals surface area contributed by atoms with Crippen LogP contribution in [0.2, 0.25) is 0 Å². The van der Waals surface area contributed by atoms with Crippen molar-refractivity contribution < 1.29 is 19.1 Å². The lowest BCUT2D eigenvalue weighted by molar-refractivity contribution is 0.0635. The SMILES string of the molecule is CC(C)(C)OC(=O)Nc1cccc(CCOC(N)=O)n1. The molecular formula is C13H19N3O4. The van der Waals surface area contributed by atoms with Crippen LogP contribution in [0.3, 0.4) is 0 Å². The first-order chi connectivity index (χ1) is 9.26. The molecule has 7 heteroatoms. The van der Waals surface area contributed by atoms with Crippen molar-refractivity contribution in [3.63, 3.8) is 0 Å². The van der Waals surface area contributed by atoms with Crippen LogP contribution in [-0.4, -0.2) is 29.4 Å². The predicted molar refractivity (Wildman–Crippen MR) is 73.3 cm³/mol. The summed E-state index contributed by atoms with van der Waals surface area (Å²) in [6, 6.07) is 5.13. The minimum Gasteiger partial charge on any atom is -0.449 e. The molecule has 2 amide bonds. The Labute approximate surface area is 117 Å². The summed E-state index contributed by atoms with van der Waals surface area (Å²) in [5.41, 5.74) is 4.95. The average molecular weight is 281 g/mol. The van der Waals surface area contributed by atoms with E-state index in [9.17, 15) is 9.59 Å². The largest absolute Gasteiger partial charge is 0.449 e. The van der Waals surface area contributed by atoms with Gasteiger partial charge in [0.2, 0.25) is 0 Å². The maximum Gasteiger partial charge on any atom is 0.413 e. The lowest BCUT2D eigenvalue weighted by Gasteiger charge is -2.19. The van der Waals surface area contributed by atoms with Crippen LogP contribution in [0.5, 0.6) is 0 Å². The summed E-state index contributed by atoms with van der Waals surface area (Å²) >= 11 is 0. The van der Waals surface area contributed by atoms with Crippen LogP contribution in [0.15, 0.2) is 18.2 Å². The summed E-state index contributed by atoms with van der Waals surface area (Å²) in [4.78, 5) is 26.2. The predicted octanol–water partition coefficient (Wildman–Crippen LogP) is 2.07. The van der Waals surface area contributed by atoms with E-state index in [2.05, 4.69) is 15.0 Å². The first-order valence-corrected chi connectivity index (χ1v) is 6.14. The zero-order valence-electron chi connectivity index (χ0n) is 11.8. The summed E-state index contributed by atoms with van der Waals surface area (Å²) in [6.45, 7) is 5.46. The highest BCUT2D eigenvalue weighted by molar-refractivity contribution is 5.83. The molecule has 0 saturated carbocycles. The number of hydrogen-bond donors (Lipinski definition) is 2. The first-order valence-electron chi connectivity index (χ1n) is 6.14. The number of primary amides is 1. The van der Waals surface area contributed by atoms with Gasteiger partial charge in [0.05, 0.1) is 6.61 Å². The van der Waals surface area contributed by atoms with E-state index < -0.39 is 17.8 Å². The number of nitrogens with one attached hydrogen (secondary N) is 1. The topological polar surface area (TPSA) is 104 Å². The Morgan fingerprint density at radius 1 is 1.35 bits per heavy atom. The van der Waals surface area contributed by atoms with Gasteiger partial charge in [-0.2, -0.15) is 0 Å². The third-order valence-electron chi connectivity index (χ3n) is 2.04. The van der Waals surface area contributed by atoms with Gasteiger partial charge in [0.15, 0.2) is 0 Å². The molecule has 110 valence electrons. The fourth-order valence-electron chi connectivity index (χ4n) is 1.35. The van der Waals surface area contributed by atoms with Crippen LogP contribution >= 0.6 is 0 Å². The Bertz CT molecular complexity index is 483. The fraction of sp³-hybridized carbons (Fsp3) is 0.462. The normalized spacial score (nSPS) is 10.8. The highest BCUT2D eigenvalue weighted by Gasteiger charge is 2.16. The van der Waals surface area contributed by atoms with E-state index >= 15 is 0 Å². The second-order valence-corrected chi connectivity index (χ2v) is 5.06. The number of nitrogens with zero attached hydrogens (tertiary/aromatic N) is 1. The van der Waals surface area contributed by atoms with Gasteiger partial charge in [0.25, 0.3) is 0 Å². The molecule has 1 heterocycles. The van der Waals surface area contributed by atoms with Crippen LogP contribution in [0.1, 0.15) is 26.5 Å². The number of pyridine rings is 1. The molecule has 0 aliphatic carbocycles. The zero-order chi connectivity index (χ0) is 15.2. The van der Waals surface area contributed by atoms with Crippen molar-refractivity contribution in [2.24, 2.45) is 5.73 Å². The minimum absolute atomic E-state index is 0.137. The zero-order valence-corrected chi connectivity index (χ0v) is 11.8. The van der Waals surface area contributed by atoms with E-state index in [1.54, 1.807) is 39.0 Å². The van der Waals surface area contributed by atoms with E-state index in [-0.39, 0.29) is 6.61 Å². The maximum atomic E-state index is 11.6. The Morgan fingerprint density at radius 3 is 2.65 bits per heavy atom. The Balaban J connectivity index is 2.55. The molecule has 3 N–H and O–H groups in total. The van der Waals surface area contributed by atoms with Gasteiger partial charge in [-0.25, -0.2) is 14.6 Å². The molecule has 0 bridgehead atoms. The van der Waals surface area contributed by atoms with Gasteiger partial charge in [0.1, 0.15) is 11.4 Å². The van der Waals surface area contributed by atoms with Gasteiger partial charge < -0.3 is 15.2 Å². The lowest BCUT2D eigenvalue weighted by Crippen LogP contribution is -2.27. The maximum absolute atomic E-state index is 11.6. The van der Waals surface area contributed by atoms with Crippen molar-refractivity contribution in [1.82, 2.24) is 4.98 Å². The van der Waals surface area contributed by atoms with Gasteiger partial charge in [0, 0.05) is 12.1 Å². The van der Waals surface area contributed by atoms with Gasteiger partial charge in [-0.15, -0.1) is 0 Å². The average Bonchev–Trinajstić information content (AvgIpc) is 2.26. The van der Waals surface area contributed by atoms with E-state index in [4.69, 9.17) is 10.5 Å². The Hall–Kier alpha value is -2.31. The van der Waals surface area contributed by atoms with Crippen molar-refractivity contribution in [3.8, 4) is 0 Å². The molecule has 0 fully saturated rings. The highest BCUT2D eigenvalue weighted by Crippen LogP contribution is 2.10. The van der Waals surface area contributed by atoms with Crippen LogP contribution in [0, 0.1) is 0 Å². The van der Waals surface area contributed by atoms with Gasteiger partial charge in [-0.05, 0) is 32.9 Å². The smallest absolute Gasteiger partial charge is 0.413 e. The van der Waals surface area contributed by atoms with Crippen molar-refractivity contribution in [1.29, 1.82) is 0 Å². The van der Waals surface area contributed by atoms with E-state index in [0.717, 1.165) is 0 Å². The molecule has 0 radical (unpaired) electrons. The molecule has 7 nitrogen and oxygen atoms in total. The van der Waals surface area contributed by atoms with E-state index in [0.29, 0.717) is 17.9 Å². The number of amides is 2. The lowest BCUT2D eigenvalue weighted by atomic mass is 10.2. The van der Waals surface area contributed by atoms with E-state index in [1.165, 1.54) is 0 Å². The Morgan fingerprint density at radius 2 is 2.05 bits per heavy atom. The number of anilines is 1. The molecule has 1 rings (SSSR count). The second-order valence-electron chi connectivity index (χ2n) is 5.06. The Kier molecular flexibility index (Phi) is 5.31. The summed E-state index contributed by atoms with van der Waals surface area (Å²) in [7, 11) is 0. The van der Waals surface area contributed by atoms with Gasteiger partial charge in [-0.3, -0.25) is 5.32 Å². The molecular weight excluding hydrogens is 262 g/mol. The summed E-state index contributed by atoms with van der Waals surface area (Å²) in [6.07, 6.45) is -0.990. The summed E-state index contributed by atoms with van der Waals surface area (Å²) < 4.78 is 9.74. The van der Waals surface area contributed by atoms with Gasteiger partial charge in [-0.1, -0.05) is 6.07 Å². The molecule has 0 atom stereocenters. The molecule has 0 aromatic carbocycles. The highest BCUT2D eigenvalue weighted by atomic mass is 16.6. The molecule has 1 aromatic heterocycles. The van der Waals surface area contributed by atoms with Crippen LogP contribution in [0.4, 0.5) is 15.4 Å².